The number of piperidine rings is 1. The highest BCUT2D eigenvalue weighted by Crippen LogP contribution is 2.23. The minimum Gasteiger partial charge on any atom is -0.469 e. The van der Waals surface area contributed by atoms with Crippen molar-refractivity contribution in [3.05, 3.63) is 34.4 Å². The number of para-hydroxylation sites is 2. The van der Waals surface area contributed by atoms with Crippen LogP contribution in [0.15, 0.2) is 24.3 Å². The second-order valence-electron chi connectivity index (χ2n) is 6.44. The zero-order valence-corrected chi connectivity index (χ0v) is 14.5. The topological polar surface area (TPSA) is 103 Å². The first-order valence-corrected chi connectivity index (χ1v) is 8.38. The van der Waals surface area contributed by atoms with Crippen molar-refractivity contribution in [1.82, 2.24) is 0 Å². The molecule has 1 aliphatic rings. The lowest BCUT2D eigenvalue weighted by Crippen LogP contribution is -3.18. The molecule has 1 fully saturated rings. The molecule has 1 aliphatic heterocycles. The molecule has 8 nitrogen and oxygen atoms in total. The Balaban J connectivity index is 2.17. The molecule has 1 aromatic carbocycles. The van der Waals surface area contributed by atoms with Crippen molar-refractivity contribution < 1.29 is 24.1 Å². The molecule has 2 N–H and O–H groups in total. The number of ether oxygens (including phenoxy) is 1. The number of anilines is 1. The van der Waals surface area contributed by atoms with Crippen LogP contribution in [-0.2, 0) is 14.3 Å². The Labute approximate surface area is 146 Å². The lowest BCUT2D eigenvalue weighted by atomic mass is 9.97. The molecule has 8 heteroatoms. The molecule has 1 aromatic rings. The molecule has 0 bridgehead atoms. The first-order valence-electron chi connectivity index (χ1n) is 8.38. The third-order valence-electron chi connectivity index (χ3n) is 4.68. The van der Waals surface area contributed by atoms with E-state index in [1.165, 1.54) is 25.3 Å². The molecule has 1 heterocycles. The molecule has 0 aromatic heterocycles. The van der Waals surface area contributed by atoms with Gasteiger partial charge in [-0.05, 0) is 24.8 Å². The van der Waals surface area contributed by atoms with E-state index in [0.29, 0.717) is 5.92 Å². The van der Waals surface area contributed by atoms with E-state index in [2.05, 4.69) is 12.2 Å². The van der Waals surface area contributed by atoms with Crippen LogP contribution in [-0.4, -0.2) is 43.0 Å². The van der Waals surface area contributed by atoms with Gasteiger partial charge in [-0.25, -0.2) is 0 Å². The van der Waals surface area contributed by atoms with E-state index >= 15 is 0 Å². The van der Waals surface area contributed by atoms with Gasteiger partial charge in [0.25, 0.3) is 11.6 Å². The number of likely N-dealkylation sites (tertiary alicyclic amines) is 1. The zero-order chi connectivity index (χ0) is 18.4. The van der Waals surface area contributed by atoms with Gasteiger partial charge in [-0.2, -0.15) is 0 Å². The van der Waals surface area contributed by atoms with Crippen LogP contribution >= 0.6 is 0 Å². The Kier molecular flexibility index (Phi) is 6.46. The summed E-state index contributed by atoms with van der Waals surface area (Å²) in [4.78, 5) is 36.1. The molecule has 0 saturated carbocycles. The van der Waals surface area contributed by atoms with E-state index in [-0.39, 0.29) is 17.8 Å². The van der Waals surface area contributed by atoms with E-state index in [0.717, 1.165) is 30.8 Å². The summed E-state index contributed by atoms with van der Waals surface area (Å²) < 4.78 is 4.71. The number of methoxy groups -OCH3 is 1. The predicted molar refractivity (Wildman–Crippen MR) is 91.2 cm³/mol. The zero-order valence-electron chi connectivity index (χ0n) is 14.5. The van der Waals surface area contributed by atoms with Crippen LogP contribution in [0.4, 0.5) is 11.4 Å². The SMILES string of the molecule is COC(=O)C[C@H](C(=O)Nc1ccccc1[N+](=O)[O-])[NH+]1CCC(C)CC1. The Morgan fingerprint density at radius 2 is 2.00 bits per heavy atom. The Morgan fingerprint density at radius 3 is 2.60 bits per heavy atom. The summed E-state index contributed by atoms with van der Waals surface area (Å²) in [6.45, 7) is 3.74. The first kappa shape index (κ1) is 18.9. The second-order valence-corrected chi connectivity index (χ2v) is 6.44. The number of hydrogen-bond donors (Lipinski definition) is 2. The molecular formula is C17H24N3O5+. The highest BCUT2D eigenvalue weighted by atomic mass is 16.6. The monoisotopic (exact) mass is 350 g/mol. The van der Waals surface area contributed by atoms with Crippen LogP contribution in [0, 0.1) is 16.0 Å². The van der Waals surface area contributed by atoms with Gasteiger partial charge in [0.1, 0.15) is 12.1 Å². The largest absolute Gasteiger partial charge is 0.469 e. The number of rotatable bonds is 6. The van der Waals surface area contributed by atoms with Gasteiger partial charge in [-0.3, -0.25) is 19.7 Å². The fraction of sp³-hybridized carbons (Fsp3) is 0.529. The number of nitro benzene ring substituents is 1. The molecule has 0 unspecified atom stereocenters. The maximum atomic E-state index is 12.8. The number of benzene rings is 1. The summed E-state index contributed by atoms with van der Waals surface area (Å²) in [6, 6.07) is 5.35. The van der Waals surface area contributed by atoms with Crippen molar-refractivity contribution in [1.29, 1.82) is 0 Å². The second kappa shape index (κ2) is 8.57. The van der Waals surface area contributed by atoms with E-state index in [1.807, 2.05) is 0 Å². The number of quaternary nitrogens is 1. The number of amides is 1. The van der Waals surface area contributed by atoms with Crippen LogP contribution in [0.3, 0.4) is 0 Å². The number of nitro groups is 1. The molecule has 136 valence electrons. The minimum absolute atomic E-state index is 0.0489. The molecule has 0 radical (unpaired) electrons. The molecule has 0 aliphatic carbocycles. The lowest BCUT2D eigenvalue weighted by molar-refractivity contribution is -0.921. The maximum Gasteiger partial charge on any atom is 0.312 e. The van der Waals surface area contributed by atoms with Crippen LogP contribution in [0.1, 0.15) is 26.2 Å². The number of nitrogens with zero attached hydrogens (tertiary/aromatic N) is 1. The normalized spacial score (nSPS) is 21.2. The number of carbonyl (C=O) groups excluding carboxylic acids is 2. The quantitative estimate of drug-likeness (QED) is 0.448. The van der Waals surface area contributed by atoms with Crippen molar-refractivity contribution in [2.24, 2.45) is 5.92 Å². The van der Waals surface area contributed by atoms with Crippen molar-refractivity contribution >= 4 is 23.3 Å². The summed E-state index contributed by atoms with van der Waals surface area (Å²) in [7, 11) is 1.28. The molecular weight excluding hydrogens is 326 g/mol. The fourth-order valence-electron chi connectivity index (χ4n) is 3.11. The standard InChI is InChI=1S/C17H23N3O5/c1-12-7-9-19(10-8-12)15(11-16(21)25-2)17(22)18-13-5-3-4-6-14(13)20(23)24/h3-6,12,15H,7-11H2,1-2H3,(H,18,22)/p+1/t15-/m1/s1. The highest BCUT2D eigenvalue weighted by molar-refractivity contribution is 5.97. The van der Waals surface area contributed by atoms with Gasteiger partial charge < -0.3 is 15.0 Å². The van der Waals surface area contributed by atoms with Crippen LogP contribution < -0.4 is 10.2 Å². The van der Waals surface area contributed by atoms with Crippen molar-refractivity contribution in [2.75, 3.05) is 25.5 Å². The molecule has 1 atom stereocenters. The number of hydrogen-bond acceptors (Lipinski definition) is 5. The first-order chi connectivity index (χ1) is 11.9. The Hall–Kier alpha value is -2.48. The van der Waals surface area contributed by atoms with E-state index in [4.69, 9.17) is 4.74 Å². The molecule has 25 heavy (non-hydrogen) atoms. The summed E-state index contributed by atoms with van der Waals surface area (Å²) >= 11 is 0. The number of carbonyl (C=O) groups is 2. The highest BCUT2D eigenvalue weighted by Gasteiger charge is 2.35. The number of esters is 1. The van der Waals surface area contributed by atoms with Gasteiger partial charge in [-0.1, -0.05) is 19.1 Å². The van der Waals surface area contributed by atoms with Gasteiger partial charge in [0, 0.05) is 6.07 Å². The van der Waals surface area contributed by atoms with Crippen molar-refractivity contribution in [2.45, 2.75) is 32.2 Å². The third-order valence-corrected chi connectivity index (χ3v) is 4.68. The van der Waals surface area contributed by atoms with Crippen molar-refractivity contribution in [3.63, 3.8) is 0 Å². The number of nitrogens with one attached hydrogen (secondary N) is 2. The maximum absolute atomic E-state index is 12.8. The molecule has 0 spiro atoms. The van der Waals surface area contributed by atoms with Gasteiger partial charge >= 0.3 is 5.97 Å². The molecule has 1 amide bonds. The van der Waals surface area contributed by atoms with Crippen LogP contribution in [0.2, 0.25) is 0 Å². The van der Waals surface area contributed by atoms with E-state index in [1.54, 1.807) is 6.07 Å². The summed E-state index contributed by atoms with van der Waals surface area (Å²) in [5, 5.41) is 13.7. The van der Waals surface area contributed by atoms with Gasteiger partial charge in [0.05, 0.1) is 25.1 Å². The summed E-state index contributed by atoms with van der Waals surface area (Å²) in [6.07, 6.45) is 1.91. The van der Waals surface area contributed by atoms with Gasteiger partial charge in [0.15, 0.2) is 6.04 Å². The predicted octanol–water partition coefficient (Wildman–Crippen LogP) is 0.780. The summed E-state index contributed by atoms with van der Waals surface area (Å²) in [5.41, 5.74) is -0.0351. The van der Waals surface area contributed by atoms with Gasteiger partial charge in [0.2, 0.25) is 0 Å². The minimum atomic E-state index is -0.625. The lowest BCUT2D eigenvalue weighted by Gasteiger charge is -2.32. The smallest absolute Gasteiger partial charge is 0.312 e. The average Bonchev–Trinajstić information content (AvgIpc) is 2.60. The van der Waals surface area contributed by atoms with Crippen LogP contribution in [0.5, 0.6) is 0 Å². The van der Waals surface area contributed by atoms with E-state index in [9.17, 15) is 19.7 Å². The molecule has 2 rings (SSSR count). The average molecular weight is 350 g/mol. The Morgan fingerprint density at radius 1 is 1.36 bits per heavy atom. The Bertz CT molecular complexity index is 641. The third kappa shape index (κ3) is 4.99. The van der Waals surface area contributed by atoms with E-state index < -0.39 is 22.8 Å². The van der Waals surface area contributed by atoms with Gasteiger partial charge in [-0.15, -0.1) is 0 Å². The fourth-order valence-corrected chi connectivity index (χ4v) is 3.11. The summed E-state index contributed by atoms with van der Waals surface area (Å²) in [5.74, 6) is -0.265. The molecule has 1 saturated heterocycles. The van der Waals surface area contributed by atoms with Crippen molar-refractivity contribution in [3.8, 4) is 0 Å². The van der Waals surface area contributed by atoms with Crippen LogP contribution in [0.25, 0.3) is 0 Å².